The molecule has 0 bridgehead atoms. The maximum atomic E-state index is 6.00. The third-order valence-electron chi connectivity index (χ3n) is 4.59. The van der Waals surface area contributed by atoms with Gasteiger partial charge in [-0.05, 0) is 43.7 Å². The molecule has 24 heavy (non-hydrogen) atoms. The van der Waals surface area contributed by atoms with Gasteiger partial charge in [-0.3, -0.25) is 9.88 Å². The van der Waals surface area contributed by atoms with E-state index in [1.807, 2.05) is 24.5 Å². The van der Waals surface area contributed by atoms with Crippen LogP contribution in [-0.4, -0.2) is 59.0 Å². The molecule has 6 heteroatoms. The smallest absolute Gasteiger partial charge is 0.151 e. The quantitative estimate of drug-likeness (QED) is 0.810. The molecule has 1 saturated heterocycles. The molecule has 1 fully saturated rings. The highest BCUT2D eigenvalue weighted by Crippen LogP contribution is 2.22. The summed E-state index contributed by atoms with van der Waals surface area (Å²) in [7, 11) is 0. The van der Waals surface area contributed by atoms with E-state index in [0.717, 1.165) is 38.6 Å². The molecule has 3 rings (SSSR count). The molecule has 2 atom stereocenters. The number of ether oxygens (including phenoxy) is 1. The van der Waals surface area contributed by atoms with Crippen molar-refractivity contribution in [2.24, 2.45) is 0 Å². The number of nitrogens with zero attached hydrogens (tertiary/aromatic N) is 5. The van der Waals surface area contributed by atoms with Crippen LogP contribution in [0.5, 0.6) is 0 Å². The average molecular weight is 327 g/mol. The zero-order valence-corrected chi connectivity index (χ0v) is 14.4. The molecule has 3 heterocycles. The summed E-state index contributed by atoms with van der Waals surface area (Å²) in [5.74, 6) is 0.905. The summed E-state index contributed by atoms with van der Waals surface area (Å²) in [6.45, 7) is 8.73. The number of pyridine rings is 1. The van der Waals surface area contributed by atoms with Gasteiger partial charge >= 0.3 is 0 Å². The summed E-state index contributed by atoms with van der Waals surface area (Å²) in [6, 6.07) is 8.47. The Morgan fingerprint density at radius 2 is 2.12 bits per heavy atom. The zero-order valence-electron chi connectivity index (χ0n) is 14.4. The van der Waals surface area contributed by atoms with Crippen LogP contribution in [0.25, 0.3) is 0 Å². The lowest BCUT2D eigenvalue weighted by molar-refractivity contribution is -0.0371. The van der Waals surface area contributed by atoms with Crippen molar-refractivity contribution < 1.29 is 4.74 Å². The Balaban J connectivity index is 1.63. The Morgan fingerprint density at radius 1 is 1.29 bits per heavy atom. The molecule has 0 unspecified atom stereocenters. The standard InChI is InChI=1S/C18H25N5O/c1-3-22(18-5-4-8-20-21-18)13-17-14-23(11-12-24-17)15(2)16-6-9-19-10-7-16/h4-10,15,17H,3,11-14H2,1-2H3/t15-,17+/m1/s1. The molecule has 1 aliphatic rings. The SMILES string of the molecule is CCN(C[C@H]1CN([C@H](C)c2ccncc2)CCO1)c1cccnn1. The van der Waals surface area contributed by atoms with Crippen LogP contribution in [0.1, 0.15) is 25.5 Å². The maximum Gasteiger partial charge on any atom is 0.151 e. The normalized spacial score (nSPS) is 19.8. The summed E-state index contributed by atoms with van der Waals surface area (Å²) in [4.78, 5) is 8.81. The van der Waals surface area contributed by atoms with Crippen LogP contribution in [0.2, 0.25) is 0 Å². The van der Waals surface area contributed by atoms with Crippen LogP contribution >= 0.6 is 0 Å². The number of anilines is 1. The van der Waals surface area contributed by atoms with Crippen molar-refractivity contribution in [3.63, 3.8) is 0 Å². The van der Waals surface area contributed by atoms with Gasteiger partial charge in [0.05, 0.1) is 12.7 Å². The van der Waals surface area contributed by atoms with Gasteiger partial charge in [-0.15, -0.1) is 5.10 Å². The summed E-state index contributed by atoms with van der Waals surface area (Å²) in [5, 5.41) is 8.20. The van der Waals surface area contributed by atoms with Crippen molar-refractivity contribution in [3.05, 3.63) is 48.4 Å². The van der Waals surface area contributed by atoms with E-state index in [2.05, 4.69) is 51.0 Å². The van der Waals surface area contributed by atoms with Crippen molar-refractivity contribution in [2.75, 3.05) is 37.7 Å². The van der Waals surface area contributed by atoms with Crippen LogP contribution < -0.4 is 4.90 Å². The highest BCUT2D eigenvalue weighted by molar-refractivity contribution is 5.36. The van der Waals surface area contributed by atoms with Gasteiger partial charge in [-0.1, -0.05) is 0 Å². The van der Waals surface area contributed by atoms with Gasteiger partial charge in [0, 0.05) is 50.8 Å². The molecule has 0 aliphatic carbocycles. The number of aromatic nitrogens is 3. The lowest BCUT2D eigenvalue weighted by atomic mass is 10.1. The molecule has 6 nitrogen and oxygen atoms in total. The van der Waals surface area contributed by atoms with Gasteiger partial charge in [0.1, 0.15) is 0 Å². The van der Waals surface area contributed by atoms with Crippen molar-refractivity contribution in [1.82, 2.24) is 20.1 Å². The van der Waals surface area contributed by atoms with Crippen LogP contribution in [0.15, 0.2) is 42.9 Å². The molecular formula is C18H25N5O. The first-order valence-corrected chi connectivity index (χ1v) is 8.56. The Labute approximate surface area is 143 Å². The van der Waals surface area contributed by atoms with Crippen molar-refractivity contribution in [2.45, 2.75) is 26.0 Å². The summed E-state index contributed by atoms with van der Waals surface area (Å²) in [6.07, 6.45) is 5.59. The van der Waals surface area contributed by atoms with E-state index in [-0.39, 0.29) is 6.10 Å². The van der Waals surface area contributed by atoms with Gasteiger partial charge in [-0.25, -0.2) is 0 Å². The number of likely N-dealkylation sites (N-methyl/N-ethyl adjacent to an activating group) is 1. The minimum atomic E-state index is 0.171. The highest BCUT2D eigenvalue weighted by Gasteiger charge is 2.26. The fourth-order valence-corrected chi connectivity index (χ4v) is 3.15. The topological polar surface area (TPSA) is 54.4 Å². The highest BCUT2D eigenvalue weighted by atomic mass is 16.5. The van der Waals surface area contributed by atoms with Crippen LogP contribution in [0.3, 0.4) is 0 Å². The lowest BCUT2D eigenvalue weighted by Gasteiger charge is -2.38. The molecule has 2 aromatic heterocycles. The van der Waals surface area contributed by atoms with Gasteiger partial charge < -0.3 is 9.64 Å². The van der Waals surface area contributed by atoms with Gasteiger partial charge in [-0.2, -0.15) is 5.10 Å². The number of hydrogen-bond acceptors (Lipinski definition) is 6. The monoisotopic (exact) mass is 327 g/mol. The predicted octanol–water partition coefficient (Wildman–Crippen LogP) is 2.16. The predicted molar refractivity (Wildman–Crippen MR) is 93.9 cm³/mol. The largest absolute Gasteiger partial charge is 0.374 e. The second-order valence-corrected chi connectivity index (χ2v) is 6.06. The first kappa shape index (κ1) is 16.8. The molecule has 0 spiro atoms. The minimum absolute atomic E-state index is 0.171. The van der Waals surface area contributed by atoms with E-state index in [0.29, 0.717) is 6.04 Å². The van der Waals surface area contributed by atoms with E-state index in [1.165, 1.54) is 5.56 Å². The van der Waals surface area contributed by atoms with E-state index in [4.69, 9.17) is 4.74 Å². The first-order valence-electron chi connectivity index (χ1n) is 8.56. The van der Waals surface area contributed by atoms with Crippen LogP contribution in [0, 0.1) is 0 Å². The first-order chi connectivity index (χ1) is 11.8. The molecule has 2 aromatic rings. The number of morpholine rings is 1. The molecule has 0 amide bonds. The third kappa shape index (κ3) is 4.07. The van der Waals surface area contributed by atoms with Gasteiger partial charge in [0.25, 0.3) is 0 Å². The lowest BCUT2D eigenvalue weighted by Crippen LogP contribution is -2.48. The molecule has 0 radical (unpaired) electrons. The van der Waals surface area contributed by atoms with E-state index in [9.17, 15) is 0 Å². The molecular weight excluding hydrogens is 302 g/mol. The number of hydrogen-bond donors (Lipinski definition) is 0. The second-order valence-electron chi connectivity index (χ2n) is 6.06. The fraction of sp³-hybridized carbons (Fsp3) is 0.500. The summed E-state index contributed by atoms with van der Waals surface area (Å²) < 4.78 is 6.00. The maximum absolute atomic E-state index is 6.00. The molecule has 0 N–H and O–H groups in total. The van der Waals surface area contributed by atoms with Crippen LogP contribution in [0.4, 0.5) is 5.82 Å². The van der Waals surface area contributed by atoms with Crippen molar-refractivity contribution >= 4 is 5.82 Å². The Kier molecular flexibility index (Phi) is 5.72. The molecule has 1 aliphatic heterocycles. The van der Waals surface area contributed by atoms with Gasteiger partial charge in [0.2, 0.25) is 0 Å². The van der Waals surface area contributed by atoms with Crippen LogP contribution in [-0.2, 0) is 4.74 Å². The summed E-state index contributed by atoms with van der Waals surface area (Å²) >= 11 is 0. The average Bonchev–Trinajstić information content (AvgIpc) is 2.67. The third-order valence-corrected chi connectivity index (χ3v) is 4.59. The van der Waals surface area contributed by atoms with Crippen molar-refractivity contribution in [1.29, 1.82) is 0 Å². The van der Waals surface area contributed by atoms with Crippen molar-refractivity contribution in [3.8, 4) is 0 Å². The van der Waals surface area contributed by atoms with Gasteiger partial charge in [0.15, 0.2) is 5.82 Å². The Hall–Kier alpha value is -2.05. The minimum Gasteiger partial charge on any atom is -0.374 e. The number of rotatable bonds is 6. The Morgan fingerprint density at radius 3 is 2.83 bits per heavy atom. The van der Waals surface area contributed by atoms with E-state index < -0.39 is 0 Å². The molecule has 0 saturated carbocycles. The second kappa shape index (κ2) is 8.17. The molecule has 128 valence electrons. The van der Waals surface area contributed by atoms with E-state index >= 15 is 0 Å². The Bertz CT molecular complexity index is 609. The fourth-order valence-electron chi connectivity index (χ4n) is 3.15. The molecule has 0 aromatic carbocycles. The van der Waals surface area contributed by atoms with E-state index in [1.54, 1.807) is 6.20 Å². The zero-order chi connectivity index (χ0) is 16.8. The summed E-state index contributed by atoms with van der Waals surface area (Å²) in [5.41, 5.74) is 1.30.